The maximum Gasteiger partial charge on any atom is 0.287 e. The third-order valence-electron chi connectivity index (χ3n) is 2.34. The Morgan fingerprint density at radius 3 is 2.82 bits per heavy atom. The maximum absolute atomic E-state index is 12.0. The Hall–Kier alpha value is -1.37. The van der Waals surface area contributed by atoms with Crippen molar-refractivity contribution in [3.63, 3.8) is 0 Å². The molecule has 94 valence electrons. The Kier molecular flexibility index (Phi) is 5.14. The highest BCUT2D eigenvalue weighted by atomic mass is 79.9. The third kappa shape index (κ3) is 3.55. The molecule has 1 aromatic rings. The first-order valence-electron chi connectivity index (χ1n) is 5.28. The van der Waals surface area contributed by atoms with E-state index >= 15 is 0 Å². The Morgan fingerprint density at radius 1 is 1.65 bits per heavy atom. The average molecular weight is 304 g/mol. The minimum absolute atomic E-state index is 0.0927. The number of nitrogens with one attached hydrogen (secondary N) is 1. The molecule has 0 aliphatic heterocycles. The highest BCUT2D eigenvalue weighted by Crippen LogP contribution is 2.14. The van der Waals surface area contributed by atoms with Gasteiger partial charge in [-0.15, -0.1) is 0 Å². The topological polar surface area (TPSA) is 79.2 Å². The SMILES string of the molecule is CCN(CCCBr)C(=O)c1cc([N+](=O)[O-])c[nH]1. The number of hydrogen-bond donors (Lipinski definition) is 1. The predicted octanol–water partition coefficient (Wildman–Crippen LogP) is 2.17. The highest BCUT2D eigenvalue weighted by Gasteiger charge is 2.18. The first kappa shape index (κ1) is 13.7. The lowest BCUT2D eigenvalue weighted by Gasteiger charge is -2.19. The number of aromatic nitrogens is 1. The van der Waals surface area contributed by atoms with Crippen LogP contribution in [-0.4, -0.2) is 39.1 Å². The summed E-state index contributed by atoms with van der Waals surface area (Å²) in [5.41, 5.74) is 0.165. The van der Waals surface area contributed by atoms with Gasteiger partial charge in [-0.25, -0.2) is 0 Å². The average Bonchev–Trinajstić information content (AvgIpc) is 2.79. The molecule has 0 bridgehead atoms. The van der Waals surface area contributed by atoms with Crippen LogP contribution in [0.25, 0.3) is 0 Å². The van der Waals surface area contributed by atoms with Crippen LogP contribution in [0.3, 0.4) is 0 Å². The van der Waals surface area contributed by atoms with Gasteiger partial charge in [-0.1, -0.05) is 15.9 Å². The number of aromatic amines is 1. The maximum atomic E-state index is 12.0. The zero-order valence-electron chi connectivity index (χ0n) is 9.48. The molecule has 0 radical (unpaired) electrons. The van der Waals surface area contributed by atoms with E-state index < -0.39 is 4.92 Å². The second kappa shape index (κ2) is 6.39. The lowest BCUT2D eigenvalue weighted by Crippen LogP contribution is -2.32. The minimum atomic E-state index is -0.526. The van der Waals surface area contributed by atoms with Gasteiger partial charge in [-0.05, 0) is 13.3 Å². The van der Waals surface area contributed by atoms with Gasteiger partial charge >= 0.3 is 0 Å². The molecule has 0 saturated heterocycles. The summed E-state index contributed by atoms with van der Waals surface area (Å²) >= 11 is 3.30. The van der Waals surface area contributed by atoms with Gasteiger partial charge in [0.1, 0.15) is 5.69 Å². The fourth-order valence-electron chi connectivity index (χ4n) is 1.44. The van der Waals surface area contributed by atoms with E-state index in [0.29, 0.717) is 13.1 Å². The summed E-state index contributed by atoms with van der Waals surface area (Å²) in [6.07, 6.45) is 2.08. The van der Waals surface area contributed by atoms with Crippen LogP contribution in [0.5, 0.6) is 0 Å². The van der Waals surface area contributed by atoms with Crippen LogP contribution in [0.15, 0.2) is 12.3 Å². The van der Waals surface area contributed by atoms with Gasteiger partial charge in [0.2, 0.25) is 0 Å². The number of nitrogens with zero attached hydrogens (tertiary/aromatic N) is 2. The number of carbonyl (C=O) groups excluding carboxylic acids is 1. The first-order chi connectivity index (χ1) is 8.10. The number of amides is 1. The summed E-state index contributed by atoms with van der Waals surface area (Å²) in [4.78, 5) is 26.2. The number of hydrogen-bond acceptors (Lipinski definition) is 3. The van der Waals surface area contributed by atoms with Crippen molar-refractivity contribution in [2.24, 2.45) is 0 Å². The van der Waals surface area contributed by atoms with Crippen molar-refractivity contribution in [1.82, 2.24) is 9.88 Å². The van der Waals surface area contributed by atoms with E-state index in [0.717, 1.165) is 11.8 Å². The van der Waals surface area contributed by atoms with Crippen LogP contribution in [0.1, 0.15) is 23.8 Å². The molecule has 1 N–H and O–H groups in total. The Morgan fingerprint density at radius 2 is 2.35 bits per heavy atom. The van der Waals surface area contributed by atoms with Crippen molar-refractivity contribution in [2.45, 2.75) is 13.3 Å². The van der Waals surface area contributed by atoms with E-state index in [-0.39, 0.29) is 17.3 Å². The molecule has 1 amide bonds. The van der Waals surface area contributed by atoms with E-state index in [2.05, 4.69) is 20.9 Å². The fourth-order valence-corrected chi connectivity index (χ4v) is 1.69. The second-order valence-corrected chi connectivity index (χ2v) is 4.25. The Balaban J connectivity index is 2.75. The molecule has 0 fully saturated rings. The number of alkyl halides is 1. The van der Waals surface area contributed by atoms with Crippen molar-refractivity contribution in [3.05, 3.63) is 28.1 Å². The highest BCUT2D eigenvalue weighted by molar-refractivity contribution is 9.09. The molecule has 1 rings (SSSR count). The van der Waals surface area contributed by atoms with Gasteiger partial charge in [0.05, 0.1) is 11.1 Å². The minimum Gasteiger partial charge on any atom is -0.351 e. The summed E-state index contributed by atoms with van der Waals surface area (Å²) in [6.45, 7) is 3.09. The van der Waals surface area contributed by atoms with Gasteiger partial charge in [-0.3, -0.25) is 14.9 Å². The molecule has 0 aliphatic rings. The molecule has 7 heteroatoms. The Labute approximate surface area is 107 Å². The van der Waals surface area contributed by atoms with Gasteiger partial charge in [0.25, 0.3) is 11.6 Å². The molecule has 0 aromatic carbocycles. The van der Waals surface area contributed by atoms with Gasteiger partial charge < -0.3 is 9.88 Å². The summed E-state index contributed by atoms with van der Waals surface area (Å²) in [5.74, 6) is -0.207. The number of H-pyrrole nitrogens is 1. The molecule has 0 unspecified atom stereocenters. The predicted molar refractivity (Wildman–Crippen MR) is 67.4 cm³/mol. The van der Waals surface area contributed by atoms with Gasteiger partial charge in [0.15, 0.2) is 0 Å². The van der Waals surface area contributed by atoms with Crippen LogP contribution >= 0.6 is 15.9 Å². The molecule has 6 nitrogen and oxygen atoms in total. The molecule has 0 atom stereocenters. The molecule has 17 heavy (non-hydrogen) atoms. The summed E-state index contributed by atoms with van der Waals surface area (Å²) in [6, 6.07) is 1.26. The fraction of sp³-hybridized carbons (Fsp3) is 0.500. The van der Waals surface area contributed by atoms with E-state index in [1.54, 1.807) is 4.90 Å². The molecule has 1 aromatic heterocycles. The van der Waals surface area contributed by atoms with Crippen molar-refractivity contribution in [2.75, 3.05) is 18.4 Å². The number of nitro groups is 1. The smallest absolute Gasteiger partial charge is 0.287 e. The van der Waals surface area contributed by atoms with E-state index in [9.17, 15) is 14.9 Å². The molecule has 0 spiro atoms. The molecule has 0 aliphatic carbocycles. The van der Waals surface area contributed by atoms with E-state index in [1.165, 1.54) is 12.3 Å². The van der Waals surface area contributed by atoms with E-state index in [4.69, 9.17) is 0 Å². The third-order valence-corrected chi connectivity index (χ3v) is 2.90. The quantitative estimate of drug-likeness (QED) is 0.497. The van der Waals surface area contributed by atoms with Crippen LogP contribution in [0, 0.1) is 10.1 Å². The molecular formula is C10H14BrN3O3. The van der Waals surface area contributed by atoms with Crippen molar-refractivity contribution in [1.29, 1.82) is 0 Å². The lowest BCUT2D eigenvalue weighted by atomic mass is 10.3. The zero-order chi connectivity index (χ0) is 12.8. The molecular weight excluding hydrogens is 290 g/mol. The van der Waals surface area contributed by atoms with Gasteiger partial charge in [-0.2, -0.15) is 0 Å². The number of rotatable bonds is 6. The van der Waals surface area contributed by atoms with E-state index in [1.807, 2.05) is 6.92 Å². The van der Waals surface area contributed by atoms with Crippen molar-refractivity contribution in [3.8, 4) is 0 Å². The normalized spacial score (nSPS) is 10.2. The van der Waals surface area contributed by atoms with Gasteiger partial charge in [0, 0.05) is 24.5 Å². The van der Waals surface area contributed by atoms with Crippen molar-refractivity contribution < 1.29 is 9.72 Å². The number of halogens is 1. The molecule has 1 heterocycles. The summed E-state index contributed by atoms with van der Waals surface area (Å²) < 4.78 is 0. The monoisotopic (exact) mass is 303 g/mol. The van der Waals surface area contributed by atoms with Crippen LogP contribution < -0.4 is 0 Å². The summed E-state index contributed by atoms with van der Waals surface area (Å²) in [5, 5.41) is 11.3. The first-order valence-corrected chi connectivity index (χ1v) is 6.40. The van der Waals surface area contributed by atoms with Crippen LogP contribution in [-0.2, 0) is 0 Å². The van der Waals surface area contributed by atoms with Crippen LogP contribution in [0.4, 0.5) is 5.69 Å². The summed E-state index contributed by atoms with van der Waals surface area (Å²) in [7, 11) is 0. The van der Waals surface area contributed by atoms with Crippen molar-refractivity contribution >= 4 is 27.5 Å². The Bertz CT molecular complexity index is 405. The standard InChI is InChI=1S/C10H14BrN3O3/c1-2-13(5-3-4-11)10(15)9-6-8(7-12-9)14(16)17/h6-7,12H,2-5H2,1H3. The largest absolute Gasteiger partial charge is 0.351 e. The van der Waals surface area contributed by atoms with Crippen LogP contribution in [0.2, 0.25) is 0 Å². The number of carbonyl (C=O) groups is 1. The lowest BCUT2D eigenvalue weighted by molar-refractivity contribution is -0.384. The second-order valence-electron chi connectivity index (χ2n) is 3.46. The zero-order valence-corrected chi connectivity index (χ0v) is 11.1. The molecule has 0 saturated carbocycles.